The van der Waals surface area contributed by atoms with Gasteiger partial charge >= 0.3 is 5.69 Å². The van der Waals surface area contributed by atoms with Crippen LogP contribution in [0.5, 0.6) is 0 Å². The highest BCUT2D eigenvalue weighted by Gasteiger charge is 2.24. The van der Waals surface area contributed by atoms with Crippen molar-refractivity contribution >= 4 is 22.5 Å². The minimum absolute atomic E-state index is 0.121. The summed E-state index contributed by atoms with van der Waals surface area (Å²) in [5, 5.41) is 2.55. The van der Waals surface area contributed by atoms with Crippen molar-refractivity contribution in [1.29, 1.82) is 0 Å². The Bertz CT molecular complexity index is 1100. The normalized spacial score (nSPS) is 12.1. The van der Waals surface area contributed by atoms with E-state index in [4.69, 9.17) is 0 Å². The van der Waals surface area contributed by atoms with Crippen molar-refractivity contribution in [3.05, 3.63) is 74.9 Å². The zero-order valence-electron chi connectivity index (χ0n) is 13.8. The largest absolute Gasteiger partial charge is 0.329 e. The number of aromatic nitrogens is 2. The third-order valence-corrected chi connectivity index (χ3v) is 4.03. The summed E-state index contributed by atoms with van der Waals surface area (Å²) < 4.78 is 27.5. The van der Waals surface area contributed by atoms with E-state index in [9.17, 15) is 23.2 Å². The molecule has 0 bridgehead atoms. The minimum atomic E-state index is -1.15. The molecule has 134 valence electrons. The average molecular weight is 359 g/mol. The minimum Gasteiger partial charge on any atom is -0.322 e. The molecule has 1 aromatic heterocycles. The number of aromatic amines is 1. The third kappa shape index (κ3) is 3.13. The molecule has 0 spiro atoms. The van der Waals surface area contributed by atoms with E-state index in [0.717, 1.165) is 16.7 Å². The van der Waals surface area contributed by atoms with Gasteiger partial charge in [-0.05, 0) is 30.7 Å². The van der Waals surface area contributed by atoms with Crippen molar-refractivity contribution < 1.29 is 13.6 Å². The van der Waals surface area contributed by atoms with Crippen molar-refractivity contribution in [2.45, 2.75) is 19.4 Å². The molecule has 0 aliphatic heterocycles. The van der Waals surface area contributed by atoms with E-state index in [1.165, 1.54) is 6.07 Å². The van der Waals surface area contributed by atoms with Gasteiger partial charge in [-0.15, -0.1) is 0 Å². The Morgan fingerprint density at radius 2 is 1.92 bits per heavy atom. The van der Waals surface area contributed by atoms with Crippen molar-refractivity contribution in [3.63, 3.8) is 0 Å². The van der Waals surface area contributed by atoms with Crippen LogP contribution in [0.2, 0.25) is 0 Å². The summed E-state index contributed by atoms with van der Waals surface area (Å²) in [5.74, 6) is -2.48. The van der Waals surface area contributed by atoms with Crippen LogP contribution in [0.4, 0.5) is 14.5 Å². The second kappa shape index (κ2) is 6.91. The molecule has 1 atom stereocenters. The molecule has 8 heteroatoms. The molecule has 1 amide bonds. The Morgan fingerprint density at radius 3 is 2.62 bits per heavy atom. The Labute approximate surface area is 146 Å². The average Bonchev–Trinajstić information content (AvgIpc) is 2.61. The molecular formula is C18H15F2N3O3. The van der Waals surface area contributed by atoms with E-state index in [-0.39, 0.29) is 17.5 Å². The van der Waals surface area contributed by atoms with Crippen LogP contribution in [-0.4, -0.2) is 15.5 Å². The predicted octanol–water partition coefficient (Wildman–Crippen LogP) is 2.56. The van der Waals surface area contributed by atoms with E-state index >= 15 is 0 Å². The number of hydrogen-bond acceptors (Lipinski definition) is 3. The molecule has 0 aliphatic rings. The van der Waals surface area contributed by atoms with Gasteiger partial charge in [0.15, 0.2) is 0 Å². The van der Waals surface area contributed by atoms with E-state index in [0.29, 0.717) is 11.6 Å². The number of H-pyrrole nitrogens is 1. The molecule has 1 unspecified atom stereocenters. The molecule has 0 fully saturated rings. The summed E-state index contributed by atoms with van der Waals surface area (Å²) in [6.07, 6.45) is 0.121. The topological polar surface area (TPSA) is 84.0 Å². The molecule has 0 saturated carbocycles. The number of amides is 1. The summed E-state index contributed by atoms with van der Waals surface area (Å²) >= 11 is 0. The highest BCUT2D eigenvalue weighted by atomic mass is 19.1. The number of hydrogen-bond donors (Lipinski definition) is 2. The van der Waals surface area contributed by atoms with E-state index in [1.54, 1.807) is 25.1 Å². The molecule has 0 aliphatic carbocycles. The lowest BCUT2D eigenvalue weighted by Crippen LogP contribution is -2.42. The summed E-state index contributed by atoms with van der Waals surface area (Å²) in [5.41, 5.74) is -1.24. The van der Waals surface area contributed by atoms with Gasteiger partial charge in [0.1, 0.15) is 17.7 Å². The SMILES string of the molecule is CCC(C(=O)Nc1ccc(F)cc1F)n1c(=O)[nH]c2ccccc2c1=O. The number of carbonyl (C=O) groups is 1. The number of fused-ring (bicyclic) bond motifs is 1. The van der Waals surface area contributed by atoms with Crippen molar-refractivity contribution in [3.8, 4) is 0 Å². The number of carbonyl (C=O) groups excluding carboxylic acids is 1. The molecular weight excluding hydrogens is 344 g/mol. The summed E-state index contributed by atoms with van der Waals surface area (Å²) in [6, 6.07) is 7.97. The van der Waals surface area contributed by atoms with E-state index in [1.807, 2.05) is 0 Å². The van der Waals surface area contributed by atoms with Gasteiger partial charge in [0.25, 0.3) is 5.56 Å². The number of nitrogens with zero attached hydrogens (tertiary/aromatic N) is 1. The van der Waals surface area contributed by atoms with Crippen LogP contribution in [0.25, 0.3) is 10.9 Å². The molecule has 2 aromatic carbocycles. The zero-order chi connectivity index (χ0) is 18.8. The highest BCUT2D eigenvalue weighted by Crippen LogP contribution is 2.18. The van der Waals surface area contributed by atoms with Crippen LogP contribution < -0.4 is 16.6 Å². The first-order valence-corrected chi connectivity index (χ1v) is 7.92. The fourth-order valence-corrected chi connectivity index (χ4v) is 2.75. The van der Waals surface area contributed by atoms with Crippen LogP contribution in [0.15, 0.2) is 52.1 Å². The van der Waals surface area contributed by atoms with Crippen molar-refractivity contribution in [1.82, 2.24) is 9.55 Å². The van der Waals surface area contributed by atoms with Gasteiger partial charge < -0.3 is 10.3 Å². The quantitative estimate of drug-likeness (QED) is 0.751. The Hall–Kier alpha value is -3.29. The fourth-order valence-electron chi connectivity index (χ4n) is 2.75. The van der Waals surface area contributed by atoms with Crippen LogP contribution in [0.1, 0.15) is 19.4 Å². The molecule has 0 radical (unpaired) electrons. The van der Waals surface area contributed by atoms with E-state index < -0.39 is 34.8 Å². The van der Waals surface area contributed by atoms with Gasteiger partial charge in [-0.1, -0.05) is 19.1 Å². The first-order chi connectivity index (χ1) is 12.4. The monoisotopic (exact) mass is 359 g/mol. The first-order valence-electron chi connectivity index (χ1n) is 7.92. The highest BCUT2D eigenvalue weighted by molar-refractivity contribution is 5.94. The maximum absolute atomic E-state index is 13.8. The molecule has 6 nitrogen and oxygen atoms in total. The maximum Gasteiger partial charge on any atom is 0.329 e. The molecule has 26 heavy (non-hydrogen) atoms. The molecule has 1 heterocycles. The van der Waals surface area contributed by atoms with Crippen LogP contribution in [-0.2, 0) is 4.79 Å². The number of nitrogens with one attached hydrogen (secondary N) is 2. The number of para-hydroxylation sites is 1. The zero-order valence-corrected chi connectivity index (χ0v) is 13.8. The standard InChI is InChI=1S/C18H15F2N3O3/c1-2-15(16(24)21-14-8-7-10(19)9-12(14)20)23-17(25)11-5-3-4-6-13(11)22-18(23)26/h3-9,15H,2H2,1H3,(H,21,24)(H,22,26). The Kier molecular flexibility index (Phi) is 4.66. The Morgan fingerprint density at radius 1 is 1.19 bits per heavy atom. The van der Waals surface area contributed by atoms with Gasteiger partial charge in [0.05, 0.1) is 16.6 Å². The summed E-state index contributed by atoms with van der Waals surface area (Å²) in [4.78, 5) is 40.1. The van der Waals surface area contributed by atoms with Crippen LogP contribution in [0, 0.1) is 11.6 Å². The molecule has 0 saturated heterocycles. The number of anilines is 1. The maximum atomic E-state index is 13.8. The van der Waals surface area contributed by atoms with Crippen molar-refractivity contribution in [2.24, 2.45) is 0 Å². The fraction of sp³-hybridized carbons (Fsp3) is 0.167. The summed E-state index contributed by atoms with van der Waals surface area (Å²) in [6.45, 7) is 1.62. The molecule has 2 N–H and O–H groups in total. The second-order valence-corrected chi connectivity index (χ2v) is 5.69. The first kappa shape index (κ1) is 17.5. The van der Waals surface area contributed by atoms with Gasteiger partial charge in [0, 0.05) is 6.07 Å². The van der Waals surface area contributed by atoms with E-state index in [2.05, 4.69) is 10.3 Å². The molecule has 3 aromatic rings. The molecule has 3 rings (SSSR count). The number of halogens is 2. The lowest BCUT2D eigenvalue weighted by molar-refractivity contribution is -0.119. The van der Waals surface area contributed by atoms with Gasteiger partial charge in [-0.2, -0.15) is 0 Å². The van der Waals surface area contributed by atoms with Gasteiger partial charge in [0.2, 0.25) is 5.91 Å². The van der Waals surface area contributed by atoms with Crippen LogP contribution >= 0.6 is 0 Å². The van der Waals surface area contributed by atoms with Crippen LogP contribution in [0.3, 0.4) is 0 Å². The lowest BCUT2D eigenvalue weighted by Gasteiger charge is -2.17. The van der Waals surface area contributed by atoms with Crippen molar-refractivity contribution in [2.75, 3.05) is 5.32 Å². The Balaban J connectivity index is 2.03. The van der Waals surface area contributed by atoms with Gasteiger partial charge in [-0.3, -0.25) is 9.59 Å². The predicted molar refractivity (Wildman–Crippen MR) is 93.1 cm³/mol. The smallest absolute Gasteiger partial charge is 0.322 e. The lowest BCUT2D eigenvalue weighted by atomic mass is 10.1. The van der Waals surface area contributed by atoms with Gasteiger partial charge in [-0.25, -0.2) is 18.1 Å². The second-order valence-electron chi connectivity index (χ2n) is 5.69. The summed E-state index contributed by atoms with van der Waals surface area (Å²) in [7, 11) is 0. The number of benzene rings is 2. The number of rotatable bonds is 4. The third-order valence-electron chi connectivity index (χ3n) is 4.03.